The van der Waals surface area contributed by atoms with Gasteiger partial charge in [-0.3, -0.25) is 4.79 Å². The van der Waals surface area contributed by atoms with Crippen molar-refractivity contribution in [1.82, 2.24) is 0 Å². The fraction of sp³-hybridized carbons (Fsp3) is 0.133. The van der Waals surface area contributed by atoms with Crippen molar-refractivity contribution in [2.75, 3.05) is 11.4 Å². The summed E-state index contributed by atoms with van der Waals surface area (Å²) in [7, 11) is 0. The molecule has 2 aromatic rings. The second-order valence-corrected chi connectivity index (χ2v) is 4.24. The molecule has 3 rings (SSSR count). The summed E-state index contributed by atoms with van der Waals surface area (Å²) in [4.78, 5) is 12.9. The minimum atomic E-state index is 0.723. The van der Waals surface area contributed by atoms with Gasteiger partial charge in [0.15, 0.2) is 0 Å². The zero-order valence-electron chi connectivity index (χ0n) is 9.47. The van der Waals surface area contributed by atoms with E-state index in [1.165, 1.54) is 11.3 Å². The van der Waals surface area contributed by atoms with Crippen LogP contribution in [0.1, 0.15) is 15.9 Å². The minimum Gasteiger partial charge on any atom is -0.341 e. The van der Waals surface area contributed by atoms with Crippen LogP contribution in [0.15, 0.2) is 48.5 Å². The molecule has 0 atom stereocenters. The Kier molecular flexibility index (Phi) is 2.41. The van der Waals surface area contributed by atoms with E-state index in [1.807, 2.05) is 24.3 Å². The highest BCUT2D eigenvalue weighted by molar-refractivity contribution is 5.77. The lowest BCUT2D eigenvalue weighted by Gasteiger charge is -2.19. The van der Waals surface area contributed by atoms with Crippen LogP contribution in [0.4, 0.5) is 11.4 Å². The van der Waals surface area contributed by atoms with E-state index in [-0.39, 0.29) is 0 Å². The van der Waals surface area contributed by atoms with Crippen LogP contribution in [0, 0.1) is 0 Å². The maximum Gasteiger partial charge on any atom is 0.150 e. The number of hydrogen-bond donors (Lipinski definition) is 0. The van der Waals surface area contributed by atoms with Crippen LogP contribution >= 0.6 is 0 Å². The first-order valence-electron chi connectivity index (χ1n) is 5.79. The number of benzene rings is 2. The summed E-state index contributed by atoms with van der Waals surface area (Å²) in [6.45, 7) is 1.01. The fourth-order valence-corrected chi connectivity index (χ4v) is 2.34. The summed E-state index contributed by atoms with van der Waals surface area (Å²) >= 11 is 0. The van der Waals surface area contributed by atoms with Crippen molar-refractivity contribution in [1.29, 1.82) is 0 Å². The van der Waals surface area contributed by atoms with E-state index in [4.69, 9.17) is 0 Å². The first-order valence-corrected chi connectivity index (χ1v) is 5.79. The molecule has 2 heteroatoms. The van der Waals surface area contributed by atoms with E-state index in [0.29, 0.717) is 0 Å². The van der Waals surface area contributed by atoms with Crippen molar-refractivity contribution in [2.24, 2.45) is 0 Å². The van der Waals surface area contributed by atoms with Gasteiger partial charge in [-0.2, -0.15) is 0 Å². The Balaban J connectivity index is 1.98. The van der Waals surface area contributed by atoms with Crippen LogP contribution in [-0.4, -0.2) is 12.8 Å². The van der Waals surface area contributed by atoms with Crippen molar-refractivity contribution in [3.8, 4) is 0 Å². The lowest BCUT2D eigenvalue weighted by atomic mass is 10.1. The molecule has 0 radical (unpaired) electrons. The van der Waals surface area contributed by atoms with Gasteiger partial charge in [-0.05, 0) is 42.3 Å². The monoisotopic (exact) mass is 223 g/mol. The molecule has 17 heavy (non-hydrogen) atoms. The first-order chi connectivity index (χ1) is 8.38. The van der Waals surface area contributed by atoms with Gasteiger partial charge in [0.05, 0.1) is 0 Å². The quantitative estimate of drug-likeness (QED) is 0.729. The highest BCUT2D eigenvalue weighted by atomic mass is 16.1. The predicted molar refractivity (Wildman–Crippen MR) is 69.0 cm³/mol. The predicted octanol–water partition coefficient (Wildman–Crippen LogP) is 3.19. The molecule has 1 aliphatic rings. The number of aldehydes is 1. The Morgan fingerprint density at radius 1 is 1.00 bits per heavy atom. The molecule has 0 saturated carbocycles. The molecule has 0 N–H and O–H groups in total. The molecule has 0 bridgehead atoms. The third kappa shape index (κ3) is 1.72. The van der Waals surface area contributed by atoms with Crippen LogP contribution in [0.5, 0.6) is 0 Å². The molecule has 0 aliphatic carbocycles. The van der Waals surface area contributed by atoms with Crippen LogP contribution in [0.25, 0.3) is 0 Å². The lowest BCUT2D eigenvalue weighted by molar-refractivity contribution is 0.112. The molecule has 0 unspecified atom stereocenters. The molecule has 2 aromatic carbocycles. The molecule has 0 fully saturated rings. The lowest BCUT2D eigenvalue weighted by Crippen LogP contribution is -2.12. The van der Waals surface area contributed by atoms with Crippen molar-refractivity contribution < 1.29 is 4.79 Å². The van der Waals surface area contributed by atoms with Gasteiger partial charge >= 0.3 is 0 Å². The second kappa shape index (κ2) is 4.06. The molecular weight excluding hydrogens is 210 g/mol. The van der Waals surface area contributed by atoms with Gasteiger partial charge in [-0.1, -0.05) is 18.2 Å². The zero-order valence-corrected chi connectivity index (χ0v) is 9.47. The summed E-state index contributed by atoms with van der Waals surface area (Å²) < 4.78 is 0. The number of carbonyl (C=O) groups is 1. The summed E-state index contributed by atoms with van der Waals surface area (Å²) in [6.07, 6.45) is 1.97. The van der Waals surface area contributed by atoms with Crippen LogP contribution in [0.3, 0.4) is 0 Å². The molecule has 0 spiro atoms. The minimum absolute atomic E-state index is 0.723. The molecule has 1 aliphatic heterocycles. The van der Waals surface area contributed by atoms with Crippen LogP contribution < -0.4 is 4.90 Å². The third-order valence-corrected chi connectivity index (χ3v) is 3.23. The number of rotatable bonds is 2. The molecule has 1 heterocycles. The Bertz CT molecular complexity index is 545. The second-order valence-electron chi connectivity index (χ2n) is 4.24. The van der Waals surface area contributed by atoms with Crippen molar-refractivity contribution in [3.05, 3.63) is 59.7 Å². The van der Waals surface area contributed by atoms with Gasteiger partial charge in [-0.25, -0.2) is 0 Å². The number of para-hydroxylation sites is 1. The maximum atomic E-state index is 10.6. The number of fused-ring (bicyclic) bond motifs is 1. The van der Waals surface area contributed by atoms with Gasteiger partial charge in [-0.15, -0.1) is 0 Å². The highest BCUT2D eigenvalue weighted by Gasteiger charge is 2.19. The Labute approximate surface area is 100 Å². The van der Waals surface area contributed by atoms with E-state index < -0.39 is 0 Å². The number of nitrogens with zero attached hydrogens (tertiary/aromatic N) is 1. The number of carbonyl (C=O) groups excluding carboxylic acids is 1. The van der Waals surface area contributed by atoms with E-state index in [0.717, 1.165) is 30.5 Å². The van der Waals surface area contributed by atoms with E-state index in [9.17, 15) is 4.79 Å². The maximum absolute atomic E-state index is 10.6. The Hall–Kier alpha value is -2.09. The number of hydrogen-bond acceptors (Lipinski definition) is 2. The van der Waals surface area contributed by atoms with E-state index >= 15 is 0 Å². The first kappa shape index (κ1) is 10.1. The van der Waals surface area contributed by atoms with Gasteiger partial charge in [0, 0.05) is 23.5 Å². The summed E-state index contributed by atoms with van der Waals surface area (Å²) in [5, 5.41) is 0. The average molecular weight is 223 g/mol. The standard InChI is InChI=1S/C15H13NO/c17-11-12-5-7-14(8-6-12)16-10-9-13-3-1-2-4-15(13)16/h1-8,11H,9-10H2. The topological polar surface area (TPSA) is 20.3 Å². The van der Waals surface area contributed by atoms with Gasteiger partial charge in [0.1, 0.15) is 6.29 Å². The zero-order chi connectivity index (χ0) is 11.7. The SMILES string of the molecule is O=Cc1ccc(N2CCc3ccccc32)cc1. The summed E-state index contributed by atoms with van der Waals surface area (Å²) in [5.74, 6) is 0. The van der Waals surface area contributed by atoms with Gasteiger partial charge < -0.3 is 4.90 Å². The number of anilines is 2. The smallest absolute Gasteiger partial charge is 0.150 e. The molecular formula is C15H13NO. The van der Waals surface area contributed by atoms with E-state index in [2.05, 4.69) is 29.2 Å². The third-order valence-electron chi connectivity index (χ3n) is 3.23. The molecule has 2 nitrogen and oxygen atoms in total. The fourth-order valence-electron chi connectivity index (χ4n) is 2.34. The van der Waals surface area contributed by atoms with Crippen LogP contribution in [-0.2, 0) is 6.42 Å². The van der Waals surface area contributed by atoms with Crippen molar-refractivity contribution >= 4 is 17.7 Å². The van der Waals surface area contributed by atoms with Crippen LogP contribution in [0.2, 0.25) is 0 Å². The normalized spacial score (nSPS) is 13.5. The Morgan fingerprint density at radius 2 is 1.76 bits per heavy atom. The average Bonchev–Trinajstić information content (AvgIpc) is 2.83. The van der Waals surface area contributed by atoms with Crippen molar-refractivity contribution in [3.63, 3.8) is 0 Å². The van der Waals surface area contributed by atoms with Gasteiger partial charge in [0.25, 0.3) is 0 Å². The largest absolute Gasteiger partial charge is 0.341 e. The highest BCUT2D eigenvalue weighted by Crippen LogP contribution is 2.33. The van der Waals surface area contributed by atoms with Gasteiger partial charge in [0.2, 0.25) is 0 Å². The summed E-state index contributed by atoms with van der Waals surface area (Å²) in [5.41, 5.74) is 4.56. The molecule has 84 valence electrons. The molecule has 0 aromatic heterocycles. The Morgan fingerprint density at radius 3 is 2.53 bits per heavy atom. The molecule has 0 saturated heterocycles. The molecule has 0 amide bonds. The van der Waals surface area contributed by atoms with Crippen molar-refractivity contribution in [2.45, 2.75) is 6.42 Å². The summed E-state index contributed by atoms with van der Waals surface area (Å²) in [6, 6.07) is 16.2. The van der Waals surface area contributed by atoms with E-state index in [1.54, 1.807) is 0 Å².